The van der Waals surface area contributed by atoms with Crippen LogP contribution < -0.4 is 4.90 Å². The lowest BCUT2D eigenvalue weighted by Crippen LogP contribution is -2.43. The number of hydrogen-bond donors (Lipinski definition) is 0. The van der Waals surface area contributed by atoms with Gasteiger partial charge in [0, 0.05) is 30.7 Å². The molecule has 26 heavy (non-hydrogen) atoms. The summed E-state index contributed by atoms with van der Waals surface area (Å²) in [6, 6.07) is 9.61. The van der Waals surface area contributed by atoms with Crippen LogP contribution in [0.2, 0.25) is 0 Å². The van der Waals surface area contributed by atoms with Gasteiger partial charge in [-0.05, 0) is 25.5 Å². The number of para-hydroxylation sites is 1. The number of anilines is 1. The van der Waals surface area contributed by atoms with Crippen molar-refractivity contribution in [1.29, 1.82) is 0 Å². The summed E-state index contributed by atoms with van der Waals surface area (Å²) in [5.74, 6) is -0.129. The Morgan fingerprint density at radius 3 is 2.77 bits per heavy atom. The maximum absolute atomic E-state index is 12.8. The number of aryl methyl sites for hydroxylation is 1. The van der Waals surface area contributed by atoms with Crippen LogP contribution in [0.25, 0.3) is 0 Å². The van der Waals surface area contributed by atoms with Crippen LogP contribution in [0.3, 0.4) is 0 Å². The summed E-state index contributed by atoms with van der Waals surface area (Å²) < 4.78 is 10.6. The number of nitrogens with zero attached hydrogens (tertiary/aromatic N) is 3. The van der Waals surface area contributed by atoms with Crippen molar-refractivity contribution in [1.82, 2.24) is 10.1 Å². The van der Waals surface area contributed by atoms with Gasteiger partial charge in [0.2, 0.25) is 0 Å². The highest BCUT2D eigenvalue weighted by molar-refractivity contribution is 5.96. The molecule has 2 saturated heterocycles. The number of carbonyl (C=O) groups excluding carboxylic acids is 2. The van der Waals surface area contributed by atoms with E-state index >= 15 is 0 Å². The molecule has 2 aliphatic heterocycles. The molecule has 1 unspecified atom stereocenters. The Bertz CT molecular complexity index is 819. The zero-order chi connectivity index (χ0) is 18.1. The summed E-state index contributed by atoms with van der Waals surface area (Å²) >= 11 is 0. The third kappa shape index (κ3) is 2.99. The van der Waals surface area contributed by atoms with Crippen LogP contribution in [0.15, 0.2) is 41.1 Å². The van der Waals surface area contributed by atoms with Crippen LogP contribution in [0.1, 0.15) is 22.5 Å². The van der Waals surface area contributed by atoms with E-state index in [4.69, 9.17) is 9.26 Å². The van der Waals surface area contributed by atoms with Crippen molar-refractivity contribution < 1.29 is 18.8 Å². The van der Waals surface area contributed by atoms with E-state index in [0.29, 0.717) is 37.5 Å². The molecule has 3 heterocycles. The minimum Gasteiger partial charge on any atom is -0.371 e. The average Bonchev–Trinajstić information content (AvgIpc) is 3.22. The van der Waals surface area contributed by atoms with Crippen molar-refractivity contribution in [2.24, 2.45) is 5.41 Å². The highest BCUT2D eigenvalue weighted by Gasteiger charge is 2.44. The second-order valence-corrected chi connectivity index (χ2v) is 7.10. The quantitative estimate of drug-likeness (QED) is 0.822. The average molecular weight is 355 g/mol. The van der Waals surface area contributed by atoms with Gasteiger partial charge < -0.3 is 19.1 Å². The first-order chi connectivity index (χ1) is 12.6. The number of hydrogen-bond acceptors (Lipinski definition) is 5. The first-order valence-electron chi connectivity index (χ1n) is 8.71. The molecule has 0 radical (unpaired) electrons. The van der Waals surface area contributed by atoms with Crippen molar-refractivity contribution in [3.8, 4) is 0 Å². The van der Waals surface area contributed by atoms with Crippen molar-refractivity contribution in [3.63, 3.8) is 0 Å². The lowest BCUT2D eigenvalue weighted by molar-refractivity contribution is -0.122. The fourth-order valence-electron chi connectivity index (χ4n) is 3.77. The van der Waals surface area contributed by atoms with E-state index in [1.807, 2.05) is 35.2 Å². The zero-order valence-corrected chi connectivity index (χ0v) is 14.7. The SMILES string of the molecule is Cc1nocc1C(=O)N1CCC2(COCC(=O)N(c3ccccc3)C2)C1. The number of rotatable bonds is 2. The Morgan fingerprint density at radius 2 is 2.04 bits per heavy atom. The third-order valence-corrected chi connectivity index (χ3v) is 5.20. The zero-order valence-electron chi connectivity index (χ0n) is 14.7. The second-order valence-electron chi connectivity index (χ2n) is 7.10. The van der Waals surface area contributed by atoms with Gasteiger partial charge in [-0.1, -0.05) is 23.4 Å². The molecule has 0 N–H and O–H groups in total. The van der Waals surface area contributed by atoms with Gasteiger partial charge in [0.1, 0.15) is 18.4 Å². The van der Waals surface area contributed by atoms with Gasteiger partial charge in [0.15, 0.2) is 0 Å². The molecule has 0 saturated carbocycles. The second kappa shape index (κ2) is 6.57. The third-order valence-electron chi connectivity index (χ3n) is 5.20. The summed E-state index contributed by atoms with van der Waals surface area (Å²) in [5, 5.41) is 3.79. The predicted molar refractivity (Wildman–Crippen MR) is 93.8 cm³/mol. The van der Waals surface area contributed by atoms with Gasteiger partial charge in [0.25, 0.3) is 11.8 Å². The summed E-state index contributed by atoms with van der Waals surface area (Å²) in [4.78, 5) is 28.9. The lowest BCUT2D eigenvalue weighted by atomic mass is 9.87. The smallest absolute Gasteiger partial charge is 0.259 e. The number of carbonyl (C=O) groups is 2. The fourth-order valence-corrected chi connectivity index (χ4v) is 3.77. The molecule has 1 atom stereocenters. The van der Waals surface area contributed by atoms with Gasteiger partial charge in [-0.3, -0.25) is 9.59 Å². The molecule has 2 aliphatic rings. The molecule has 4 rings (SSSR count). The largest absolute Gasteiger partial charge is 0.371 e. The number of benzene rings is 1. The minimum absolute atomic E-state index is 0.0484. The lowest BCUT2D eigenvalue weighted by Gasteiger charge is -2.31. The molecule has 2 fully saturated rings. The summed E-state index contributed by atoms with van der Waals surface area (Å²) in [6.45, 7) is 4.01. The van der Waals surface area contributed by atoms with Gasteiger partial charge in [-0.2, -0.15) is 0 Å². The Balaban J connectivity index is 1.55. The van der Waals surface area contributed by atoms with E-state index in [9.17, 15) is 9.59 Å². The molecule has 2 aromatic rings. The van der Waals surface area contributed by atoms with Crippen molar-refractivity contribution >= 4 is 17.5 Å². The number of ether oxygens (including phenoxy) is 1. The normalized spacial score (nSPS) is 23.5. The van der Waals surface area contributed by atoms with Crippen LogP contribution in [-0.4, -0.2) is 54.7 Å². The number of amides is 2. The maximum Gasteiger partial charge on any atom is 0.259 e. The molecular formula is C19H21N3O4. The van der Waals surface area contributed by atoms with Gasteiger partial charge >= 0.3 is 0 Å². The summed E-state index contributed by atoms with van der Waals surface area (Å²) in [5.41, 5.74) is 1.69. The highest BCUT2D eigenvalue weighted by atomic mass is 16.5. The van der Waals surface area contributed by atoms with Crippen molar-refractivity contribution in [2.75, 3.05) is 37.7 Å². The monoisotopic (exact) mass is 355 g/mol. The first-order valence-corrected chi connectivity index (χ1v) is 8.71. The number of aromatic nitrogens is 1. The molecule has 1 spiro atoms. The number of likely N-dealkylation sites (tertiary alicyclic amines) is 1. The van der Waals surface area contributed by atoms with Crippen molar-refractivity contribution in [2.45, 2.75) is 13.3 Å². The van der Waals surface area contributed by atoms with Crippen LogP contribution in [0.4, 0.5) is 5.69 Å². The van der Waals surface area contributed by atoms with Crippen LogP contribution in [0.5, 0.6) is 0 Å². The molecule has 1 aromatic heterocycles. The topological polar surface area (TPSA) is 75.9 Å². The van der Waals surface area contributed by atoms with Gasteiger partial charge in [-0.15, -0.1) is 0 Å². The predicted octanol–water partition coefficient (Wildman–Crippen LogP) is 1.88. The van der Waals surface area contributed by atoms with Gasteiger partial charge in [0.05, 0.1) is 12.3 Å². The Morgan fingerprint density at radius 1 is 1.23 bits per heavy atom. The Hall–Kier alpha value is -2.67. The van der Waals surface area contributed by atoms with Crippen LogP contribution >= 0.6 is 0 Å². The van der Waals surface area contributed by atoms with E-state index in [1.54, 1.807) is 11.8 Å². The van der Waals surface area contributed by atoms with E-state index in [0.717, 1.165) is 12.1 Å². The van der Waals surface area contributed by atoms with E-state index in [1.165, 1.54) is 6.26 Å². The first kappa shape index (κ1) is 16.8. The molecule has 0 aliphatic carbocycles. The van der Waals surface area contributed by atoms with Gasteiger partial charge in [-0.25, -0.2) is 0 Å². The van der Waals surface area contributed by atoms with Crippen molar-refractivity contribution in [3.05, 3.63) is 47.9 Å². The maximum atomic E-state index is 12.8. The van der Waals surface area contributed by atoms with Crippen LogP contribution in [0, 0.1) is 12.3 Å². The highest BCUT2D eigenvalue weighted by Crippen LogP contribution is 2.36. The summed E-state index contributed by atoms with van der Waals surface area (Å²) in [7, 11) is 0. The molecule has 1 aromatic carbocycles. The molecular weight excluding hydrogens is 334 g/mol. The van der Waals surface area contributed by atoms with E-state index in [-0.39, 0.29) is 23.8 Å². The molecule has 136 valence electrons. The van der Waals surface area contributed by atoms with E-state index in [2.05, 4.69) is 5.16 Å². The summed E-state index contributed by atoms with van der Waals surface area (Å²) in [6.07, 6.45) is 2.19. The molecule has 2 amide bonds. The standard InChI is InChI=1S/C19H21N3O4/c1-14-16(9-26-20-14)18(24)21-8-7-19(11-21)12-22(17(23)10-25-13-19)15-5-3-2-4-6-15/h2-6,9H,7-8,10-13H2,1H3. The fraction of sp³-hybridized carbons (Fsp3) is 0.421. The Kier molecular flexibility index (Phi) is 4.24. The van der Waals surface area contributed by atoms with Crippen LogP contribution in [-0.2, 0) is 9.53 Å². The minimum atomic E-state index is -0.261. The molecule has 7 heteroatoms. The molecule has 7 nitrogen and oxygen atoms in total. The Labute approximate surface area is 151 Å². The molecule has 0 bridgehead atoms. The van der Waals surface area contributed by atoms with E-state index < -0.39 is 0 Å².